The molecule has 1 saturated carbocycles. The number of carbonyl (C=O) groups is 2. The Morgan fingerprint density at radius 1 is 1.22 bits per heavy atom. The fourth-order valence-electron chi connectivity index (χ4n) is 4.65. The van der Waals surface area contributed by atoms with E-state index in [1.54, 1.807) is 18.9 Å². The Hall–Kier alpha value is -1.34. The van der Waals surface area contributed by atoms with Crippen LogP contribution in [0.15, 0.2) is 0 Å². The van der Waals surface area contributed by atoms with Crippen molar-refractivity contribution < 1.29 is 19.5 Å². The first-order chi connectivity index (χ1) is 10.9. The highest BCUT2D eigenvalue weighted by Crippen LogP contribution is 2.50. The van der Waals surface area contributed by atoms with Crippen molar-refractivity contribution in [1.29, 1.82) is 0 Å². The number of piperidine rings is 1. The normalized spacial score (nSPS) is 32.1. The predicted molar refractivity (Wildman–Crippen MR) is 83.8 cm³/mol. The minimum Gasteiger partial charge on any atom is -0.465 e. The van der Waals surface area contributed by atoms with Crippen molar-refractivity contribution in [1.82, 2.24) is 14.9 Å². The molecule has 7 nitrogen and oxygen atoms in total. The van der Waals surface area contributed by atoms with E-state index in [9.17, 15) is 9.59 Å². The van der Waals surface area contributed by atoms with Crippen LogP contribution in [0.1, 0.15) is 39.0 Å². The zero-order valence-corrected chi connectivity index (χ0v) is 14.0. The van der Waals surface area contributed by atoms with Gasteiger partial charge in [0.1, 0.15) is 0 Å². The number of hydrogen-bond acceptors (Lipinski definition) is 4. The summed E-state index contributed by atoms with van der Waals surface area (Å²) in [7, 11) is 1.55. The predicted octanol–water partition coefficient (Wildman–Crippen LogP) is 1.39. The van der Waals surface area contributed by atoms with Gasteiger partial charge in [0.2, 0.25) is 5.91 Å². The average molecular weight is 325 g/mol. The lowest BCUT2D eigenvalue weighted by Crippen LogP contribution is -2.56. The summed E-state index contributed by atoms with van der Waals surface area (Å²) < 4.78 is 0. The standard InChI is InChI=1S/C16H27N3O4/c1-12(20)19(23-2)13-3-6-17(7-4-13)14-9-16(10-14)5-8-18(11-16)15(21)22/h13-14H,3-11H2,1-2H3,(H,21,22). The van der Waals surface area contributed by atoms with E-state index in [4.69, 9.17) is 9.94 Å². The van der Waals surface area contributed by atoms with Crippen molar-refractivity contribution >= 4 is 12.0 Å². The third kappa shape index (κ3) is 3.17. The maximum absolute atomic E-state index is 11.5. The molecule has 3 aliphatic rings. The summed E-state index contributed by atoms with van der Waals surface area (Å²) in [6.07, 6.45) is 4.34. The maximum atomic E-state index is 11.5. The quantitative estimate of drug-likeness (QED) is 0.794. The van der Waals surface area contributed by atoms with E-state index in [-0.39, 0.29) is 17.4 Å². The van der Waals surface area contributed by atoms with Crippen molar-refractivity contribution in [2.75, 3.05) is 33.3 Å². The number of carboxylic acid groups (broad SMARTS) is 1. The molecule has 3 rings (SSSR count). The van der Waals surface area contributed by atoms with Gasteiger partial charge in [-0.05, 0) is 37.5 Å². The summed E-state index contributed by atoms with van der Waals surface area (Å²) in [5.41, 5.74) is 0.234. The summed E-state index contributed by atoms with van der Waals surface area (Å²) in [4.78, 5) is 31.9. The number of carbonyl (C=O) groups excluding carboxylic acids is 1. The lowest BCUT2D eigenvalue weighted by molar-refractivity contribution is -0.191. The highest BCUT2D eigenvalue weighted by molar-refractivity contribution is 5.72. The van der Waals surface area contributed by atoms with E-state index >= 15 is 0 Å². The third-order valence-corrected chi connectivity index (χ3v) is 5.90. The summed E-state index contributed by atoms with van der Waals surface area (Å²) in [5.74, 6) is -0.0340. The van der Waals surface area contributed by atoms with E-state index in [1.165, 1.54) is 5.06 Å². The van der Waals surface area contributed by atoms with Gasteiger partial charge in [-0.3, -0.25) is 9.63 Å². The molecule has 0 aromatic heterocycles. The molecule has 1 aliphatic carbocycles. The van der Waals surface area contributed by atoms with Gasteiger partial charge in [0.05, 0.1) is 13.2 Å². The van der Waals surface area contributed by atoms with Crippen LogP contribution in [0.3, 0.4) is 0 Å². The topological polar surface area (TPSA) is 73.3 Å². The lowest BCUT2D eigenvalue weighted by Gasteiger charge is -2.52. The number of nitrogens with zero attached hydrogens (tertiary/aromatic N) is 3. The van der Waals surface area contributed by atoms with E-state index in [0.717, 1.165) is 45.2 Å². The van der Waals surface area contributed by atoms with E-state index in [2.05, 4.69) is 4.90 Å². The highest BCUT2D eigenvalue weighted by Gasteiger charge is 2.51. The molecule has 3 fully saturated rings. The molecule has 23 heavy (non-hydrogen) atoms. The molecule has 2 amide bonds. The van der Waals surface area contributed by atoms with E-state index in [1.807, 2.05) is 0 Å². The van der Waals surface area contributed by atoms with Gasteiger partial charge < -0.3 is 14.9 Å². The molecule has 7 heteroatoms. The molecule has 0 radical (unpaired) electrons. The monoisotopic (exact) mass is 325 g/mol. The molecule has 0 unspecified atom stereocenters. The van der Waals surface area contributed by atoms with Crippen LogP contribution in [-0.2, 0) is 9.63 Å². The molecule has 0 aromatic carbocycles. The summed E-state index contributed by atoms with van der Waals surface area (Å²) >= 11 is 0. The summed E-state index contributed by atoms with van der Waals surface area (Å²) in [6.45, 7) is 4.91. The van der Waals surface area contributed by atoms with Crippen LogP contribution in [0.2, 0.25) is 0 Å². The Balaban J connectivity index is 1.46. The Kier molecular flexibility index (Phi) is 4.51. The smallest absolute Gasteiger partial charge is 0.407 e. The Morgan fingerprint density at radius 3 is 2.35 bits per heavy atom. The largest absolute Gasteiger partial charge is 0.465 e. The molecule has 0 bridgehead atoms. The van der Waals surface area contributed by atoms with Gasteiger partial charge in [-0.25, -0.2) is 9.86 Å². The second kappa shape index (κ2) is 6.28. The second-order valence-corrected chi connectivity index (χ2v) is 7.31. The average Bonchev–Trinajstić information content (AvgIpc) is 2.93. The van der Waals surface area contributed by atoms with Crippen LogP contribution in [-0.4, -0.2) is 77.3 Å². The van der Waals surface area contributed by atoms with Crippen molar-refractivity contribution in [2.24, 2.45) is 5.41 Å². The van der Waals surface area contributed by atoms with Crippen LogP contribution in [0.4, 0.5) is 4.79 Å². The first kappa shape index (κ1) is 16.5. The molecular weight excluding hydrogens is 298 g/mol. The Labute approximate surface area is 137 Å². The first-order valence-corrected chi connectivity index (χ1v) is 8.50. The van der Waals surface area contributed by atoms with Crippen LogP contribution in [0.5, 0.6) is 0 Å². The number of likely N-dealkylation sites (tertiary alicyclic amines) is 2. The number of rotatable bonds is 3. The molecule has 0 aromatic rings. The van der Waals surface area contributed by atoms with Gasteiger partial charge >= 0.3 is 6.09 Å². The Morgan fingerprint density at radius 2 is 1.87 bits per heavy atom. The maximum Gasteiger partial charge on any atom is 0.407 e. The van der Waals surface area contributed by atoms with E-state index in [0.29, 0.717) is 19.1 Å². The van der Waals surface area contributed by atoms with Gasteiger partial charge in [-0.15, -0.1) is 0 Å². The van der Waals surface area contributed by atoms with Crippen molar-refractivity contribution in [3.63, 3.8) is 0 Å². The summed E-state index contributed by atoms with van der Waals surface area (Å²) in [5, 5.41) is 10.6. The first-order valence-electron chi connectivity index (χ1n) is 8.50. The Bertz CT molecular complexity index is 470. The SMILES string of the molecule is CON(C(C)=O)C1CCN(C2CC3(CCN(C(=O)O)C3)C2)CC1. The molecule has 130 valence electrons. The van der Waals surface area contributed by atoms with Crippen molar-refractivity contribution in [3.8, 4) is 0 Å². The van der Waals surface area contributed by atoms with Crippen LogP contribution in [0, 0.1) is 5.41 Å². The number of hydroxylamine groups is 2. The minimum atomic E-state index is -0.782. The van der Waals surface area contributed by atoms with Gasteiger partial charge in [0.25, 0.3) is 0 Å². The zero-order valence-electron chi connectivity index (χ0n) is 14.0. The second-order valence-electron chi connectivity index (χ2n) is 7.31. The van der Waals surface area contributed by atoms with Gasteiger partial charge in [-0.1, -0.05) is 0 Å². The highest BCUT2D eigenvalue weighted by atomic mass is 16.7. The zero-order chi connectivity index (χ0) is 16.6. The van der Waals surface area contributed by atoms with Crippen LogP contribution >= 0.6 is 0 Å². The van der Waals surface area contributed by atoms with Crippen LogP contribution < -0.4 is 0 Å². The number of hydrogen-bond donors (Lipinski definition) is 1. The van der Waals surface area contributed by atoms with Crippen molar-refractivity contribution in [2.45, 2.75) is 51.1 Å². The summed E-state index contributed by atoms with van der Waals surface area (Å²) in [6, 6.07) is 0.759. The molecule has 2 heterocycles. The van der Waals surface area contributed by atoms with Crippen molar-refractivity contribution in [3.05, 3.63) is 0 Å². The fraction of sp³-hybridized carbons (Fsp3) is 0.875. The molecule has 1 spiro atoms. The van der Waals surface area contributed by atoms with Gasteiger partial charge in [0.15, 0.2) is 0 Å². The fourth-order valence-corrected chi connectivity index (χ4v) is 4.65. The molecular formula is C16H27N3O4. The van der Waals surface area contributed by atoms with Crippen LogP contribution in [0.25, 0.3) is 0 Å². The van der Waals surface area contributed by atoms with Gasteiger partial charge in [-0.2, -0.15) is 0 Å². The number of amides is 2. The molecule has 2 aliphatic heterocycles. The molecule has 2 saturated heterocycles. The molecule has 0 atom stereocenters. The van der Waals surface area contributed by atoms with Gasteiger partial charge in [0, 0.05) is 39.1 Å². The third-order valence-electron chi connectivity index (χ3n) is 5.90. The van der Waals surface area contributed by atoms with E-state index < -0.39 is 6.09 Å². The minimum absolute atomic E-state index is 0.0340. The lowest BCUT2D eigenvalue weighted by atomic mass is 9.64. The molecule has 1 N–H and O–H groups in total.